The largest absolute Gasteiger partial charge is 0.354 e. The molecule has 0 saturated carbocycles. The second-order valence-electron chi connectivity index (χ2n) is 4.83. The van der Waals surface area contributed by atoms with Crippen LogP contribution in [-0.2, 0) is 0 Å². The van der Waals surface area contributed by atoms with E-state index in [2.05, 4.69) is 29.8 Å². The Hall–Kier alpha value is -1.27. The van der Waals surface area contributed by atoms with Crippen LogP contribution in [0.2, 0.25) is 5.15 Å². The van der Waals surface area contributed by atoms with Gasteiger partial charge in [-0.05, 0) is 37.8 Å². The minimum Gasteiger partial charge on any atom is -0.354 e. The summed E-state index contributed by atoms with van der Waals surface area (Å²) >= 11 is 5.94. The average Bonchev–Trinajstić information content (AvgIpc) is 2.31. The molecule has 1 aromatic rings. The van der Waals surface area contributed by atoms with Gasteiger partial charge in [0, 0.05) is 12.6 Å². The highest BCUT2D eigenvalue weighted by Crippen LogP contribution is 2.27. The van der Waals surface area contributed by atoms with Crippen molar-refractivity contribution in [3.63, 3.8) is 0 Å². The summed E-state index contributed by atoms with van der Waals surface area (Å²) in [6.45, 7) is 5.43. The molecular formula is C13H16ClN3. The number of rotatable bonds is 1. The predicted octanol–water partition coefficient (Wildman–Crippen LogP) is 3.23. The van der Waals surface area contributed by atoms with E-state index in [1.54, 1.807) is 6.07 Å². The number of aromatic nitrogens is 1. The van der Waals surface area contributed by atoms with E-state index in [-0.39, 0.29) is 0 Å². The molecule has 0 N–H and O–H groups in total. The maximum absolute atomic E-state index is 8.95. The van der Waals surface area contributed by atoms with Crippen molar-refractivity contribution in [3.8, 4) is 6.07 Å². The zero-order chi connectivity index (χ0) is 12.4. The van der Waals surface area contributed by atoms with Crippen LogP contribution in [0.1, 0.15) is 32.3 Å². The Morgan fingerprint density at radius 1 is 1.41 bits per heavy atom. The second kappa shape index (κ2) is 4.93. The summed E-state index contributed by atoms with van der Waals surface area (Å²) in [6, 6.07) is 6.00. The Labute approximate surface area is 107 Å². The highest BCUT2D eigenvalue weighted by Gasteiger charge is 2.24. The molecule has 1 aliphatic rings. The van der Waals surface area contributed by atoms with E-state index in [1.807, 2.05) is 6.07 Å². The molecule has 2 rings (SSSR count). The molecular weight excluding hydrogens is 234 g/mol. The summed E-state index contributed by atoms with van der Waals surface area (Å²) in [5.41, 5.74) is 0.574. The third-order valence-electron chi connectivity index (χ3n) is 3.32. The van der Waals surface area contributed by atoms with Gasteiger partial charge in [-0.3, -0.25) is 0 Å². The minimum absolute atomic E-state index is 0.393. The summed E-state index contributed by atoms with van der Waals surface area (Å²) < 4.78 is 0. The van der Waals surface area contributed by atoms with Gasteiger partial charge in [0.05, 0.1) is 11.6 Å². The van der Waals surface area contributed by atoms with Crippen molar-refractivity contribution < 1.29 is 0 Å². The first-order chi connectivity index (χ1) is 8.10. The van der Waals surface area contributed by atoms with Crippen molar-refractivity contribution in [2.45, 2.75) is 32.7 Å². The average molecular weight is 250 g/mol. The normalized spacial score (nSPS) is 24.5. The molecule has 3 nitrogen and oxygen atoms in total. The third kappa shape index (κ3) is 2.70. The van der Waals surface area contributed by atoms with E-state index in [0.29, 0.717) is 22.7 Å². The fourth-order valence-corrected chi connectivity index (χ4v) is 2.51. The lowest BCUT2D eigenvalue weighted by molar-refractivity contribution is 0.388. The predicted molar refractivity (Wildman–Crippen MR) is 69.2 cm³/mol. The van der Waals surface area contributed by atoms with Crippen LogP contribution < -0.4 is 4.90 Å². The Balaban J connectivity index is 2.32. The summed E-state index contributed by atoms with van der Waals surface area (Å²) in [6.07, 6.45) is 2.42. The van der Waals surface area contributed by atoms with Crippen LogP contribution in [0.25, 0.3) is 0 Å². The SMILES string of the molecule is CC1CCC(C)N(c2cc(C#N)cc(Cl)n2)C1. The van der Waals surface area contributed by atoms with E-state index in [4.69, 9.17) is 16.9 Å². The molecule has 0 aromatic carbocycles. The fourth-order valence-electron chi connectivity index (χ4n) is 2.30. The summed E-state index contributed by atoms with van der Waals surface area (Å²) in [5, 5.41) is 9.34. The van der Waals surface area contributed by atoms with Gasteiger partial charge in [0.15, 0.2) is 0 Å². The Morgan fingerprint density at radius 3 is 2.88 bits per heavy atom. The van der Waals surface area contributed by atoms with Crippen molar-refractivity contribution >= 4 is 17.4 Å². The number of hydrogen-bond acceptors (Lipinski definition) is 3. The molecule has 1 aromatic heterocycles. The summed E-state index contributed by atoms with van der Waals surface area (Å²) in [5.74, 6) is 1.49. The Kier molecular flexibility index (Phi) is 3.54. The van der Waals surface area contributed by atoms with Gasteiger partial charge in [-0.2, -0.15) is 5.26 Å². The van der Waals surface area contributed by atoms with Gasteiger partial charge in [0.1, 0.15) is 11.0 Å². The first-order valence-corrected chi connectivity index (χ1v) is 6.32. The molecule has 17 heavy (non-hydrogen) atoms. The lowest BCUT2D eigenvalue weighted by Crippen LogP contribution is -2.41. The molecule has 2 heterocycles. The number of hydrogen-bond donors (Lipinski definition) is 0. The van der Waals surface area contributed by atoms with E-state index < -0.39 is 0 Å². The van der Waals surface area contributed by atoms with Crippen molar-refractivity contribution in [2.24, 2.45) is 5.92 Å². The number of nitrogens with zero attached hydrogens (tertiary/aromatic N) is 3. The molecule has 0 amide bonds. The van der Waals surface area contributed by atoms with Crippen LogP contribution >= 0.6 is 11.6 Å². The van der Waals surface area contributed by atoms with E-state index >= 15 is 0 Å². The minimum atomic E-state index is 0.393. The van der Waals surface area contributed by atoms with Crippen molar-refractivity contribution in [1.29, 1.82) is 5.26 Å². The van der Waals surface area contributed by atoms with Crippen molar-refractivity contribution in [1.82, 2.24) is 4.98 Å². The molecule has 0 spiro atoms. The van der Waals surface area contributed by atoms with Gasteiger partial charge in [0.25, 0.3) is 0 Å². The van der Waals surface area contributed by atoms with Crippen LogP contribution in [-0.4, -0.2) is 17.6 Å². The van der Waals surface area contributed by atoms with Gasteiger partial charge >= 0.3 is 0 Å². The second-order valence-corrected chi connectivity index (χ2v) is 5.22. The molecule has 2 atom stereocenters. The molecule has 1 aliphatic heterocycles. The summed E-state index contributed by atoms with van der Waals surface area (Å²) in [4.78, 5) is 6.58. The highest BCUT2D eigenvalue weighted by atomic mass is 35.5. The number of pyridine rings is 1. The molecule has 0 aliphatic carbocycles. The Morgan fingerprint density at radius 2 is 2.18 bits per heavy atom. The monoisotopic (exact) mass is 249 g/mol. The Bertz CT molecular complexity index is 452. The first-order valence-electron chi connectivity index (χ1n) is 5.94. The lowest BCUT2D eigenvalue weighted by Gasteiger charge is -2.37. The maximum atomic E-state index is 8.95. The van der Waals surface area contributed by atoms with Crippen LogP contribution in [0.5, 0.6) is 0 Å². The molecule has 1 fully saturated rings. The van der Waals surface area contributed by atoms with E-state index in [9.17, 15) is 0 Å². The van der Waals surface area contributed by atoms with Gasteiger partial charge in [-0.25, -0.2) is 4.98 Å². The smallest absolute Gasteiger partial charge is 0.132 e. The number of halogens is 1. The maximum Gasteiger partial charge on any atom is 0.132 e. The molecule has 90 valence electrons. The van der Waals surface area contributed by atoms with E-state index in [0.717, 1.165) is 18.8 Å². The lowest BCUT2D eigenvalue weighted by atomic mass is 9.95. The quantitative estimate of drug-likeness (QED) is 0.718. The fraction of sp³-hybridized carbons (Fsp3) is 0.538. The zero-order valence-electron chi connectivity index (χ0n) is 10.2. The van der Waals surface area contributed by atoms with Gasteiger partial charge in [-0.15, -0.1) is 0 Å². The van der Waals surface area contributed by atoms with E-state index in [1.165, 1.54) is 6.42 Å². The van der Waals surface area contributed by atoms with Crippen molar-refractivity contribution in [3.05, 3.63) is 22.8 Å². The summed E-state index contributed by atoms with van der Waals surface area (Å²) in [7, 11) is 0. The van der Waals surface area contributed by atoms with Crippen LogP contribution in [0.3, 0.4) is 0 Å². The molecule has 0 bridgehead atoms. The standard InChI is InChI=1S/C13H16ClN3/c1-9-3-4-10(2)17(8-9)13-6-11(7-15)5-12(14)16-13/h5-6,9-10H,3-4,8H2,1-2H3. The van der Waals surface area contributed by atoms with Crippen LogP contribution in [0.4, 0.5) is 5.82 Å². The zero-order valence-corrected chi connectivity index (χ0v) is 10.9. The van der Waals surface area contributed by atoms with Gasteiger partial charge in [-0.1, -0.05) is 18.5 Å². The van der Waals surface area contributed by atoms with Crippen LogP contribution in [0.15, 0.2) is 12.1 Å². The number of nitriles is 1. The first kappa shape index (κ1) is 12.2. The molecule has 1 saturated heterocycles. The topological polar surface area (TPSA) is 39.9 Å². The van der Waals surface area contributed by atoms with Crippen LogP contribution in [0, 0.1) is 17.2 Å². The van der Waals surface area contributed by atoms with Gasteiger partial charge in [0.2, 0.25) is 0 Å². The number of anilines is 1. The third-order valence-corrected chi connectivity index (χ3v) is 3.52. The molecule has 0 radical (unpaired) electrons. The van der Waals surface area contributed by atoms with Crippen molar-refractivity contribution in [2.75, 3.05) is 11.4 Å². The number of piperidine rings is 1. The molecule has 2 unspecified atom stereocenters. The highest BCUT2D eigenvalue weighted by molar-refractivity contribution is 6.29. The molecule has 4 heteroatoms. The van der Waals surface area contributed by atoms with Gasteiger partial charge < -0.3 is 4.90 Å².